The Hall–Kier alpha value is -3.75. The fourth-order valence-corrected chi connectivity index (χ4v) is 1.91. The van der Waals surface area contributed by atoms with Crippen LogP contribution in [-0.4, -0.2) is 36.7 Å². The first kappa shape index (κ1) is 18.6. The summed E-state index contributed by atoms with van der Waals surface area (Å²) in [7, 11) is 1.29. The molecule has 0 spiro atoms. The number of carbonyl (C=O) groups excluding carboxylic acids is 2. The maximum atomic E-state index is 11.7. The molecule has 0 saturated carbocycles. The molecule has 1 N–H and O–H groups in total. The average Bonchev–Trinajstić information content (AvgIpc) is 2.66. The number of benzene rings is 2. The topological polar surface area (TPSA) is 120 Å². The summed E-state index contributed by atoms with van der Waals surface area (Å²) in [6.45, 7) is -0.427. The molecule has 0 aliphatic rings. The van der Waals surface area contributed by atoms with E-state index in [1.807, 2.05) is 0 Å². The molecule has 0 unspecified atom stereocenters. The molecule has 0 saturated heterocycles. The van der Waals surface area contributed by atoms with Crippen molar-refractivity contribution in [3.63, 3.8) is 0 Å². The number of hydrazone groups is 1. The molecule has 9 nitrogen and oxygen atoms in total. The number of para-hydroxylation sites is 2. The fourth-order valence-electron chi connectivity index (χ4n) is 1.91. The van der Waals surface area contributed by atoms with Crippen molar-refractivity contribution < 1.29 is 24.0 Å². The Morgan fingerprint density at radius 3 is 2.54 bits per heavy atom. The summed E-state index contributed by atoms with van der Waals surface area (Å²) < 4.78 is 9.73. The molecule has 2 aromatic carbocycles. The molecule has 26 heavy (non-hydrogen) atoms. The number of nitro groups is 1. The maximum absolute atomic E-state index is 11.7. The van der Waals surface area contributed by atoms with E-state index in [9.17, 15) is 19.7 Å². The van der Waals surface area contributed by atoms with E-state index in [1.165, 1.54) is 31.5 Å². The predicted octanol–water partition coefficient (Wildman–Crippen LogP) is 1.91. The molecule has 0 aromatic heterocycles. The van der Waals surface area contributed by atoms with E-state index in [4.69, 9.17) is 4.74 Å². The van der Waals surface area contributed by atoms with Gasteiger partial charge in [0, 0.05) is 6.07 Å². The molecule has 2 aromatic rings. The Labute approximate surface area is 148 Å². The Kier molecular flexibility index (Phi) is 6.38. The van der Waals surface area contributed by atoms with Crippen molar-refractivity contribution in [2.45, 2.75) is 0 Å². The number of hydrogen-bond donors (Lipinski definition) is 1. The van der Waals surface area contributed by atoms with Crippen molar-refractivity contribution >= 4 is 23.8 Å². The summed E-state index contributed by atoms with van der Waals surface area (Å²) in [6.07, 6.45) is 1.38. The lowest BCUT2D eigenvalue weighted by Crippen LogP contribution is -2.24. The molecule has 0 heterocycles. The van der Waals surface area contributed by atoms with Crippen LogP contribution >= 0.6 is 0 Å². The van der Waals surface area contributed by atoms with Gasteiger partial charge in [0.05, 0.1) is 23.8 Å². The van der Waals surface area contributed by atoms with E-state index in [0.717, 1.165) is 0 Å². The zero-order valence-electron chi connectivity index (χ0n) is 13.7. The zero-order valence-corrected chi connectivity index (χ0v) is 13.7. The van der Waals surface area contributed by atoms with Gasteiger partial charge in [0.2, 0.25) is 0 Å². The van der Waals surface area contributed by atoms with Crippen LogP contribution in [0, 0.1) is 10.1 Å². The minimum Gasteiger partial charge on any atom is -0.477 e. The van der Waals surface area contributed by atoms with Crippen molar-refractivity contribution in [3.05, 3.63) is 69.8 Å². The minimum atomic E-state index is -0.594. The number of nitrogens with one attached hydrogen (secondary N) is 1. The zero-order chi connectivity index (χ0) is 18.9. The molecule has 2 rings (SSSR count). The number of carbonyl (C=O) groups is 2. The molecule has 0 aliphatic carbocycles. The number of amides is 1. The molecular formula is C17H15N3O6. The highest BCUT2D eigenvalue weighted by atomic mass is 16.6. The predicted molar refractivity (Wildman–Crippen MR) is 92.1 cm³/mol. The summed E-state index contributed by atoms with van der Waals surface area (Å²) in [5.41, 5.74) is 3.06. The lowest BCUT2D eigenvalue weighted by Gasteiger charge is -2.05. The second kappa shape index (κ2) is 8.92. The van der Waals surface area contributed by atoms with Gasteiger partial charge in [0.1, 0.15) is 0 Å². The van der Waals surface area contributed by atoms with E-state index < -0.39 is 23.4 Å². The Bertz CT molecular complexity index is 833. The van der Waals surface area contributed by atoms with Gasteiger partial charge in [-0.25, -0.2) is 10.2 Å². The van der Waals surface area contributed by atoms with Crippen LogP contribution < -0.4 is 10.2 Å². The number of methoxy groups -OCH3 is 1. The number of esters is 1. The van der Waals surface area contributed by atoms with E-state index >= 15 is 0 Å². The van der Waals surface area contributed by atoms with Crippen LogP contribution in [0.5, 0.6) is 5.75 Å². The second-order valence-corrected chi connectivity index (χ2v) is 4.92. The minimum absolute atomic E-state index is 0.00460. The van der Waals surface area contributed by atoms with Crippen LogP contribution in [0.3, 0.4) is 0 Å². The van der Waals surface area contributed by atoms with Crippen LogP contribution in [0.1, 0.15) is 15.9 Å². The lowest BCUT2D eigenvalue weighted by atomic mass is 10.1. The molecule has 9 heteroatoms. The SMILES string of the molecule is COC(=O)c1ccc(C=NNC(=O)COc2ccccc2[N+](=O)[O-])cc1. The lowest BCUT2D eigenvalue weighted by molar-refractivity contribution is -0.385. The van der Waals surface area contributed by atoms with Crippen molar-refractivity contribution in [1.29, 1.82) is 0 Å². The highest BCUT2D eigenvalue weighted by Crippen LogP contribution is 2.25. The normalized spacial score (nSPS) is 10.3. The smallest absolute Gasteiger partial charge is 0.337 e. The Morgan fingerprint density at radius 1 is 1.19 bits per heavy atom. The van der Waals surface area contributed by atoms with E-state index in [0.29, 0.717) is 11.1 Å². The van der Waals surface area contributed by atoms with E-state index in [1.54, 1.807) is 30.3 Å². The summed E-state index contributed by atoms with van der Waals surface area (Å²) in [5.74, 6) is -1.03. The highest BCUT2D eigenvalue weighted by Gasteiger charge is 2.14. The highest BCUT2D eigenvalue weighted by molar-refractivity contribution is 5.90. The van der Waals surface area contributed by atoms with Crippen molar-refractivity contribution in [3.8, 4) is 5.75 Å². The first-order valence-corrected chi connectivity index (χ1v) is 7.37. The van der Waals surface area contributed by atoms with Gasteiger partial charge in [0.25, 0.3) is 5.91 Å². The quantitative estimate of drug-likeness (QED) is 0.350. The van der Waals surface area contributed by atoms with Gasteiger partial charge in [-0.15, -0.1) is 0 Å². The summed E-state index contributed by atoms with van der Waals surface area (Å²) in [4.78, 5) is 33.3. The number of rotatable bonds is 7. The number of nitrogens with zero attached hydrogens (tertiary/aromatic N) is 2. The third kappa shape index (κ3) is 5.13. The van der Waals surface area contributed by atoms with Crippen LogP contribution in [0.25, 0.3) is 0 Å². The van der Waals surface area contributed by atoms with E-state index in [2.05, 4.69) is 15.3 Å². The van der Waals surface area contributed by atoms with Crippen LogP contribution in [0.4, 0.5) is 5.69 Å². The van der Waals surface area contributed by atoms with Crippen LogP contribution in [0.2, 0.25) is 0 Å². The van der Waals surface area contributed by atoms with Gasteiger partial charge in [-0.2, -0.15) is 5.10 Å². The van der Waals surface area contributed by atoms with Gasteiger partial charge >= 0.3 is 11.7 Å². The number of nitro benzene ring substituents is 1. The van der Waals surface area contributed by atoms with Gasteiger partial charge in [0.15, 0.2) is 12.4 Å². The first-order chi connectivity index (χ1) is 12.5. The first-order valence-electron chi connectivity index (χ1n) is 7.37. The van der Waals surface area contributed by atoms with Crippen molar-refractivity contribution in [2.24, 2.45) is 5.10 Å². The average molecular weight is 357 g/mol. The standard InChI is InChI=1S/C17H15N3O6/c1-25-17(22)13-8-6-12(7-9-13)10-18-19-16(21)11-26-15-5-3-2-4-14(15)20(23)24/h2-10H,11H2,1H3,(H,19,21). The number of ether oxygens (including phenoxy) is 2. The molecule has 0 atom stereocenters. The van der Waals surface area contributed by atoms with Crippen LogP contribution in [-0.2, 0) is 9.53 Å². The van der Waals surface area contributed by atoms with Gasteiger partial charge in [-0.3, -0.25) is 14.9 Å². The van der Waals surface area contributed by atoms with Crippen molar-refractivity contribution in [2.75, 3.05) is 13.7 Å². The van der Waals surface area contributed by atoms with Gasteiger partial charge < -0.3 is 9.47 Å². The van der Waals surface area contributed by atoms with Crippen LogP contribution in [0.15, 0.2) is 53.6 Å². The largest absolute Gasteiger partial charge is 0.477 e. The second-order valence-electron chi connectivity index (χ2n) is 4.92. The Balaban J connectivity index is 1.86. The maximum Gasteiger partial charge on any atom is 0.337 e. The molecule has 0 radical (unpaired) electrons. The van der Waals surface area contributed by atoms with E-state index in [-0.39, 0.29) is 11.4 Å². The Morgan fingerprint density at radius 2 is 1.88 bits per heavy atom. The third-order valence-corrected chi connectivity index (χ3v) is 3.16. The molecule has 0 aliphatic heterocycles. The summed E-state index contributed by atoms with van der Waals surface area (Å²) in [6, 6.07) is 12.1. The molecule has 134 valence electrons. The third-order valence-electron chi connectivity index (χ3n) is 3.16. The molecule has 1 amide bonds. The molecule has 0 fully saturated rings. The van der Waals surface area contributed by atoms with Gasteiger partial charge in [-0.05, 0) is 23.8 Å². The molecule has 0 bridgehead atoms. The number of hydrogen-bond acceptors (Lipinski definition) is 7. The summed E-state index contributed by atoms with van der Waals surface area (Å²) >= 11 is 0. The molecular weight excluding hydrogens is 342 g/mol. The summed E-state index contributed by atoms with van der Waals surface area (Å²) in [5, 5.41) is 14.6. The van der Waals surface area contributed by atoms with Crippen molar-refractivity contribution in [1.82, 2.24) is 5.43 Å². The monoisotopic (exact) mass is 357 g/mol. The fraction of sp³-hybridized carbons (Fsp3) is 0.118. The van der Waals surface area contributed by atoms with Gasteiger partial charge in [-0.1, -0.05) is 24.3 Å².